The monoisotopic (exact) mass is 634 g/mol. The van der Waals surface area contributed by atoms with Crippen molar-refractivity contribution in [2.45, 2.75) is 32.1 Å². The van der Waals surface area contributed by atoms with Gasteiger partial charge in [0.1, 0.15) is 52.0 Å². The Kier molecular flexibility index (Phi) is 9.08. The highest BCUT2D eigenvalue weighted by Crippen LogP contribution is 2.39. The SMILES string of the molecule is CCCc1ccc(-c2cc(F)c(C(F)(F)Oc3cc(F)c(-c4cc(F)c(C=CC(F)(F)F)c(F)c4)c(F)c3)c(F)c2)c(F)c1. The highest BCUT2D eigenvalue weighted by Gasteiger charge is 2.41. The first-order chi connectivity index (χ1) is 20.5. The summed E-state index contributed by atoms with van der Waals surface area (Å²) in [6.45, 7) is 1.85. The van der Waals surface area contributed by atoms with Crippen molar-refractivity contribution in [3.63, 3.8) is 0 Å². The second kappa shape index (κ2) is 12.3. The van der Waals surface area contributed by atoms with E-state index in [2.05, 4.69) is 4.74 Å². The summed E-state index contributed by atoms with van der Waals surface area (Å²) in [5.41, 5.74) is -5.24. The fourth-order valence-electron chi connectivity index (χ4n) is 4.39. The van der Waals surface area contributed by atoms with Gasteiger partial charge in [-0.25, -0.2) is 30.7 Å². The third kappa shape index (κ3) is 7.03. The Morgan fingerprint density at radius 2 is 1.18 bits per heavy atom. The molecule has 1 nitrogen and oxygen atoms in total. The summed E-state index contributed by atoms with van der Waals surface area (Å²) in [5.74, 6) is -12.6. The maximum absolute atomic E-state index is 14.9. The fraction of sp³-hybridized carbons (Fsp3) is 0.161. The van der Waals surface area contributed by atoms with E-state index < -0.39 is 92.6 Å². The van der Waals surface area contributed by atoms with Crippen LogP contribution in [-0.2, 0) is 12.5 Å². The molecule has 0 unspecified atom stereocenters. The van der Waals surface area contributed by atoms with Gasteiger partial charge in [0.05, 0.1) is 5.56 Å². The van der Waals surface area contributed by atoms with Crippen molar-refractivity contribution in [3.05, 3.63) is 118 Å². The standard InChI is InChI=1S/C31H18F12O/c1-2-3-15-4-5-19(21(32)8-15)16-9-26(37)29(27(38)10-16)31(42,43)44-18-13-24(35)28(25(36)14-18)17-11-22(33)20(23(34)12-17)6-7-30(39,40)41/h4-14H,2-3H2,1H3. The normalized spacial score (nSPS) is 12.3. The summed E-state index contributed by atoms with van der Waals surface area (Å²) in [6, 6.07) is 5.59. The average Bonchev–Trinajstić information content (AvgIpc) is 2.86. The summed E-state index contributed by atoms with van der Waals surface area (Å²) in [7, 11) is 0. The third-order valence-corrected chi connectivity index (χ3v) is 6.28. The van der Waals surface area contributed by atoms with E-state index >= 15 is 0 Å². The van der Waals surface area contributed by atoms with Gasteiger partial charge >= 0.3 is 12.3 Å². The zero-order chi connectivity index (χ0) is 32.6. The van der Waals surface area contributed by atoms with Crippen molar-refractivity contribution >= 4 is 6.08 Å². The zero-order valence-electron chi connectivity index (χ0n) is 22.2. The zero-order valence-corrected chi connectivity index (χ0v) is 22.2. The molecule has 13 heteroatoms. The molecule has 0 amide bonds. The first kappa shape index (κ1) is 32.5. The molecule has 0 bridgehead atoms. The topological polar surface area (TPSA) is 9.23 Å². The number of allylic oxidation sites excluding steroid dienone is 1. The summed E-state index contributed by atoms with van der Waals surface area (Å²) in [5, 5.41) is 0. The van der Waals surface area contributed by atoms with E-state index in [1.807, 2.05) is 6.92 Å². The summed E-state index contributed by atoms with van der Waals surface area (Å²) in [4.78, 5) is 0. The lowest BCUT2D eigenvalue weighted by atomic mass is 9.99. The Balaban J connectivity index is 1.64. The predicted octanol–water partition coefficient (Wildman–Crippen LogP) is 10.7. The van der Waals surface area contributed by atoms with Crippen LogP contribution in [0.1, 0.15) is 30.0 Å². The van der Waals surface area contributed by atoms with Gasteiger partial charge in [-0.05, 0) is 59.5 Å². The predicted molar refractivity (Wildman–Crippen MR) is 137 cm³/mol. The maximum Gasteiger partial charge on any atom is 0.432 e. The van der Waals surface area contributed by atoms with Crippen LogP contribution in [0.3, 0.4) is 0 Å². The molecule has 4 aromatic carbocycles. The van der Waals surface area contributed by atoms with Crippen molar-refractivity contribution in [1.29, 1.82) is 0 Å². The van der Waals surface area contributed by atoms with Gasteiger partial charge in [-0.2, -0.15) is 22.0 Å². The van der Waals surface area contributed by atoms with Crippen LogP contribution in [0.4, 0.5) is 52.7 Å². The molecule has 0 N–H and O–H groups in total. The molecule has 4 rings (SSSR count). The first-order valence-electron chi connectivity index (χ1n) is 12.6. The van der Waals surface area contributed by atoms with Crippen molar-refractivity contribution in [3.8, 4) is 28.0 Å². The van der Waals surface area contributed by atoms with Crippen molar-refractivity contribution < 1.29 is 57.4 Å². The van der Waals surface area contributed by atoms with E-state index in [1.54, 1.807) is 0 Å². The molecule has 0 atom stereocenters. The van der Waals surface area contributed by atoms with E-state index in [1.165, 1.54) is 12.1 Å². The van der Waals surface area contributed by atoms with Gasteiger partial charge in [0, 0.05) is 29.3 Å². The largest absolute Gasteiger partial charge is 0.432 e. The maximum atomic E-state index is 14.9. The van der Waals surface area contributed by atoms with E-state index in [9.17, 15) is 52.7 Å². The van der Waals surface area contributed by atoms with Gasteiger partial charge in [-0.15, -0.1) is 0 Å². The van der Waals surface area contributed by atoms with Crippen LogP contribution < -0.4 is 4.74 Å². The molecule has 0 heterocycles. The smallest absolute Gasteiger partial charge is 0.429 e. The molecule has 0 aliphatic rings. The number of ether oxygens (including phenoxy) is 1. The summed E-state index contributed by atoms with van der Waals surface area (Å²) in [6.07, 6.45) is -8.98. The number of rotatable bonds is 8. The number of hydrogen-bond donors (Lipinski definition) is 0. The molecule has 0 saturated carbocycles. The van der Waals surface area contributed by atoms with Crippen LogP contribution in [0.15, 0.2) is 60.7 Å². The molecular formula is C31H18F12O. The molecule has 232 valence electrons. The van der Waals surface area contributed by atoms with E-state index in [0.717, 1.165) is 6.07 Å². The lowest BCUT2D eigenvalue weighted by molar-refractivity contribution is -0.189. The van der Waals surface area contributed by atoms with Crippen LogP contribution in [0.2, 0.25) is 0 Å². The lowest BCUT2D eigenvalue weighted by Gasteiger charge is -2.20. The highest BCUT2D eigenvalue weighted by molar-refractivity contribution is 5.69. The van der Waals surface area contributed by atoms with E-state index in [4.69, 9.17) is 0 Å². The van der Waals surface area contributed by atoms with Crippen LogP contribution in [0.5, 0.6) is 5.75 Å². The molecule has 0 spiro atoms. The minimum atomic E-state index is -4.92. The first-order valence-corrected chi connectivity index (χ1v) is 12.6. The fourth-order valence-corrected chi connectivity index (χ4v) is 4.39. The Morgan fingerprint density at radius 1 is 0.636 bits per heavy atom. The van der Waals surface area contributed by atoms with Gasteiger partial charge < -0.3 is 4.74 Å². The molecule has 0 fully saturated rings. The summed E-state index contributed by atoms with van der Waals surface area (Å²) < 4.78 is 173. The third-order valence-electron chi connectivity index (χ3n) is 6.28. The molecular weight excluding hydrogens is 616 g/mol. The van der Waals surface area contributed by atoms with Gasteiger partial charge in [-0.3, -0.25) is 0 Å². The average molecular weight is 634 g/mol. The van der Waals surface area contributed by atoms with Crippen LogP contribution in [0.25, 0.3) is 28.3 Å². The lowest BCUT2D eigenvalue weighted by Crippen LogP contribution is -2.25. The number of hydrogen-bond acceptors (Lipinski definition) is 1. The molecule has 4 aromatic rings. The minimum Gasteiger partial charge on any atom is -0.429 e. The molecule has 0 saturated heterocycles. The van der Waals surface area contributed by atoms with Gasteiger partial charge in [0.15, 0.2) is 0 Å². The molecule has 0 aromatic heterocycles. The molecule has 0 aliphatic carbocycles. The molecule has 0 radical (unpaired) electrons. The van der Waals surface area contributed by atoms with Gasteiger partial charge in [0.25, 0.3) is 0 Å². The van der Waals surface area contributed by atoms with E-state index in [-0.39, 0.29) is 23.8 Å². The van der Waals surface area contributed by atoms with Crippen LogP contribution in [0, 0.1) is 40.7 Å². The Hall–Kier alpha value is -4.42. The second-order valence-electron chi connectivity index (χ2n) is 9.49. The quantitative estimate of drug-likeness (QED) is 0.175. The minimum absolute atomic E-state index is 0.0602. The number of benzene rings is 4. The number of alkyl halides is 5. The van der Waals surface area contributed by atoms with Crippen molar-refractivity contribution in [2.24, 2.45) is 0 Å². The van der Waals surface area contributed by atoms with Crippen molar-refractivity contribution in [2.75, 3.05) is 0 Å². The van der Waals surface area contributed by atoms with Gasteiger partial charge in [-0.1, -0.05) is 25.5 Å². The molecule has 44 heavy (non-hydrogen) atoms. The second-order valence-corrected chi connectivity index (χ2v) is 9.49. The summed E-state index contributed by atoms with van der Waals surface area (Å²) >= 11 is 0. The van der Waals surface area contributed by atoms with Gasteiger partial charge in [0.2, 0.25) is 0 Å². The Bertz CT molecular complexity index is 1670. The van der Waals surface area contributed by atoms with Crippen LogP contribution in [-0.4, -0.2) is 6.18 Å². The molecule has 0 aliphatic heterocycles. The number of halogens is 12. The van der Waals surface area contributed by atoms with Crippen molar-refractivity contribution in [1.82, 2.24) is 0 Å². The Morgan fingerprint density at radius 3 is 1.68 bits per heavy atom. The number of aryl methyl sites for hydroxylation is 1. The van der Waals surface area contributed by atoms with E-state index in [0.29, 0.717) is 42.7 Å². The Labute approximate surface area is 242 Å². The van der Waals surface area contributed by atoms with Crippen LogP contribution >= 0.6 is 0 Å². The highest BCUT2D eigenvalue weighted by atomic mass is 19.4.